The van der Waals surface area contributed by atoms with E-state index in [4.69, 9.17) is 15.6 Å². The third-order valence-corrected chi connectivity index (χ3v) is 1.57. The Morgan fingerprint density at radius 3 is 3.00 bits per heavy atom. The van der Waals surface area contributed by atoms with Crippen molar-refractivity contribution < 1.29 is 14.6 Å². The zero-order chi connectivity index (χ0) is 10.4. The quantitative estimate of drug-likeness (QED) is 0.646. The fourth-order valence-corrected chi connectivity index (χ4v) is 0.887. The zero-order valence-corrected chi connectivity index (χ0v) is 7.64. The van der Waals surface area contributed by atoms with Crippen LogP contribution in [0.5, 0.6) is 5.75 Å². The predicted molar refractivity (Wildman–Crippen MR) is 50.0 cm³/mol. The molecule has 0 bridgehead atoms. The molecule has 0 aliphatic rings. The van der Waals surface area contributed by atoms with Gasteiger partial charge in [-0.05, 0) is 6.07 Å². The number of hydrogen-bond acceptors (Lipinski definition) is 4. The van der Waals surface area contributed by atoms with Crippen LogP contribution in [0, 0.1) is 0 Å². The molecule has 1 amide bonds. The third-order valence-electron chi connectivity index (χ3n) is 1.57. The van der Waals surface area contributed by atoms with Gasteiger partial charge in [0.15, 0.2) is 0 Å². The minimum atomic E-state index is -0.537. The Labute approximate surface area is 81.5 Å². The highest BCUT2D eigenvalue weighted by Crippen LogP contribution is 2.10. The number of hydrogen-bond donors (Lipinski definition) is 2. The number of aromatic nitrogens is 1. The highest BCUT2D eigenvalue weighted by Gasteiger charge is 2.02. The van der Waals surface area contributed by atoms with Crippen molar-refractivity contribution in [2.75, 3.05) is 13.2 Å². The number of aliphatic hydroxyl groups excluding tert-OH is 1. The van der Waals surface area contributed by atoms with Crippen LogP contribution in [0.2, 0.25) is 0 Å². The van der Waals surface area contributed by atoms with E-state index in [1.54, 1.807) is 0 Å². The summed E-state index contributed by atoms with van der Waals surface area (Å²) >= 11 is 0. The molecule has 0 radical (unpaired) electrons. The number of amides is 1. The summed E-state index contributed by atoms with van der Waals surface area (Å²) in [7, 11) is 0. The smallest absolute Gasteiger partial charge is 0.250 e. The normalized spacial score (nSPS) is 9.79. The number of rotatable bonds is 5. The third kappa shape index (κ3) is 3.02. The van der Waals surface area contributed by atoms with Gasteiger partial charge in [-0.1, -0.05) is 0 Å². The fraction of sp³-hybridized carbons (Fsp3) is 0.333. The minimum Gasteiger partial charge on any atom is -0.492 e. The lowest BCUT2D eigenvalue weighted by atomic mass is 10.3. The molecule has 5 nitrogen and oxygen atoms in total. The SMILES string of the molecule is NC(=O)c1cncc(OCCCO)c1. The van der Waals surface area contributed by atoms with Crippen molar-refractivity contribution in [2.24, 2.45) is 5.73 Å². The van der Waals surface area contributed by atoms with Crippen molar-refractivity contribution in [3.8, 4) is 5.75 Å². The minimum absolute atomic E-state index is 0.0724. The van der Waals surface area contributed by atoms with Gasteiger partial charge in [0.05, 0.1) is 18.4 Å². The van der Waals surface area contributed by atoms with E-state index in [1.807, 2.05) is 0 Å². The maximum Gasteiger partial charge on any atom is 0.250 e. The molecular formula is C9H12N2O3. The van der Waals surface area contributed by atoms with Crippen LogP contribution in [-0.2, 0) is 0 Å². The van der Waals surface area contributed by atoms with Gasteiger partial charge in [-0.15, -0.1) is 0 Å². The first kappa shape index (κ1) is 10.5. The number of pyridine rings is 1. The average molecular weight is 196 g/mol. The molecule has 0 saturated carbocycles. The van der Waals surface area contributed by atoms with Gasteiger partial charge in [-0.25, -0.2) is 0 Å². The summed E-state index contributed by atoms with van der Waals surface area (Å²) in [6.45, 7) is 0.462. The van der Waals surface area contributed by atoms with Crippen LogP contribution >= 0.6 is 0 Å². The van der Waals surface area contributed by atoms with Crippen LogP contribution in [0.25, 0.3) is 0 Å². The summed E-state index contributed by atoms with van der Waals surface area (Å²) in [5.74, 6) is -0.0557. The van der Waals surface area contributed by atoms with Crippen molar-refractivity contribution >= 4 is 5.91 Å². The molecule has 1 aromatic heterocycles. The number of aliphatic hydroxyl groups is 1. The molecular weight excluding hydrogens is 184 g/mol. The molecule has 0 saturated heterocycles. The van der Waals surface area contributed by atoms with Gasteiger partial charge in [-0.2, -0.15) is 0 Å². The van der Waals surface area contributed by atoms with Crippen LogP contribution in [0.3, 0.4) is 0 Å². The highest BCUT2D eigenvalue weighted by molar-refractivity contribution is 5.92. The van der Waals surface area contributed by atoms with Crippen molar-refractivity contribution in [2.45, 2.75) is 6.42 Å². The number of nitrogens with two attached hydrogens (primary N) is 1. The molecule has 14 heavy (non-hydrogen) atoms. The van der Waals surface area contributed by atoms with E-state index in [1.165, 1.54) is 18.5 Å². The molecule has 76 valence electrons. The largest absolute Gasteiger partial charge is 0.492 e. The Morgan fingerprint density at radius 1 is 1.57 bits per heavy atom. The second kappa shape index (κ2) is 5.18. The monoisotopic (exact) mass is 196 g/mol. The van der Waals surface area contributed by atoms with Crippen molar-refractivity contribution in [1.82, 2.24) is 4.98 Å². The molecule has 1 aromatic rings. The Balaban J connectivity index is 2.59. The number of ether oxygens (including phenoxy) is 1. The van der Waals surface area contributed by atoms with Crippen LogP contribution in [-0.4, -0.2) is 29.2 Å². The van der Waals surface area contributed by atoms with Crippen LogP contribution < -0.4 is 10.5 Å². The van der Waals surface area contributed by atoms with Gasteiger partial charge in [0, 0.05) is 19.2 Å². The summed E-state index contributed by atoms with van der Waals surface area (Å²) in [6.07, 6.45) is 3.41. The Hall–Kier alpha value is -1.62. The van der Waals surface area contributed by atoms with E-state index in [0.717, 1.165) is 0 Å². The van der Waals surface area contributed by atoms with Crippen LogP contribution in [0.1, 0.15) is 16.8 Å². The van der Waals surface area contributed by atoms with E-state index < -0.39 is 5.91 Å². The zero-order valence-electron chi connectivity index (χ0n) is 7.64. The van der Waals surface area contributed by atoms with Crippen molar-refractivity contribution in [1.29, 1.82) is 0 Å². The number of primary amides is 1. The lowest BCUT2D eigenvalue weighted by Gasteiger charge is -2.04. The molecule has 5 heteroatoms. The second-order valence-corrected chi connectivity index (χ2v) is 2.70. The Morgan fingerprint density at radius 2 is 2.36 bits per heavy atom. The van der Waals surface area contributed by atoms with E-state index in [0.29, 0.717) is 24.3 Å². The summed E-state index contributed by atoms with van der Waals surface area (Å²) in [5, 5.41) is 8.52. The summed E-state index contributed by atoms with van der Waals surface area (Å²) < 4.78 is 5.21. The number of carbonyl (C=O) groups is 1. The van der Waals surface area contributed by atoms with Crippen molar-refractivity contribution in [3.63, 3.8) is 0 Å². The first-order chi connectivity index (χ1) is 6.74. The van der Waals surface area contributed by atoms with Gasteiger partial charge >= 0.3 is 0 Å². The molecule has 0 aliphatic heterocycles. The predicted octanol–water partition coefficient (Wildman–Crippen LogP) is -0.0583. The van der Waals surface area contributed by atoms with Gasteiger partial charge in [-0.3, -0.25) is 9.78 Å². The molecule has 0 atom stereocenters. The second-order valence-electron chi connectivity index (χ2n) is 2.70. The first-order valence-electron chi connectivity index (χ1n) is 4.22. The molecule has 0 fully saturated rings. The number of carbonyl (C=O) groups excluding carboxylic acids is 1. The van der Waals surface area contributed by atoms with Crippen LogP contribution in [0.15, 0.2) is 18.5 Å². The van der Waals surface area contributed by atoms with Crippen molar-refractivity contribution in [3.05, 3.63) is 24.0 Å². The summed E-state index contributed by atoms with van der Waals surface area (Å²) in [4.78, 5) is 14.6. The van der Waals surface area contributed by atoms with E-state index in [9.17, 15) is 4.79 Å². The maximum absolute atomic E-state index is 10.8. The first-order valence-corrected chi connectivity index (χ1v) is 4.22. The molecule has 3 N–H and O–H groups in total. The summed E-state index contributed by atoms with van der Waals surface area (Å²) in [5.41, 5.74) is 5.37. The lowest BCUT2D eigenvalue weighted by Crippen LogP contribution is -2.11. The van der Waals surface area contributed by atoms with E-state index in [-0.39, 0.29) is 6.61 Å². The fourth-order valence-electron chi connectivity index (χ4n) is 0.887. The standard InChI is InChI=1S/C9H12N2O3/c10-9(13)7-4-8(6-11-5-7)14-3-1-2-12/h4-6,12H,1-3H2,(H2,10,13). The van der Waals surface area contributed by atoms with Crippen LogP contribution in [0.4, 0.5) is 0 Å². The van der Waals surface area contributed by atoms with Gasteiger partial charge < -0.3 is 15.6 Å². The molecule has 1 rings (SSSR count). The topological polar surface area (TPSA) is 85.4 Å². The highest BCUT2D eigenvalue weighted by atomic mass is 16.5. The molecule has 0 spiro atoms. The van der Waals surface area contributed by atoms with Gasteiger partial charge in [0.25, 0.3) is 0 Å². The van der Waals surface area contributed by atoms with Gasteiger partial charge in [0.1, 0.15) is 5.75 Å². The lowest BCUT2D eigenvalue weighted by molar-refractivity contribution is 0.0999. The maximum atomic E-state index is 10.8. The van der Waals surface area contributed by atoms with Gasteiger partial charge in [0.2, 0.25) is 5.91 Å². The Bertz CT molecular complexity index is 315. The molecule has 1 heterocycles. The number of nitrogens with zero attached hydrogens (tertiary/aromatic N) is 1. The molecule has 0 aromatic carbocycles. The van der Waals surface area contributed by atoms with E-state index in [2.05, 4.69) is 4.98 Å². The Kier molecular flexibility index (Phi) is 3.87. The average Bonchev–Trinajstić information content (AvgIpc) is 2.19. The summed E-state index contributed by atoms with van der Waals surface area (Å²) in [6, 6.07) is 1.52. The molecule has 0 aliphatic carbocycles. The molecule has 0 unspecified atom stereocenters. The van der Waals surface area contributed by atoms with E-state index >= 15 is 0 Å².